The van der Waals surface area contributed by atoms with Crippen molar-refractivity contribution in [3.05, 3.63) is 0 Å². The molecule has 1 unspecified atom stereocenters. The van der Waals surface area contributed by atoms with Crippen LogP contribution in [0.25, 0.3) is 0 Å². The minimum atomic E-state index is 0.680. The van der Waals surface area contributed by atoms with Crippen molar-refractivity contribution in [3.63, 3.8) is 0 Å². The van der Waals surface area contributed by atoms with E-state index in [1.54, 1.807) is 0 Å². The zero-order valence-electron chi connectivity index (χ0n) is 9.63. The monoisotopic (exact) mass is 199 g/mol. The smallest absolute Gasteiger partial charge is 0.000879 e. The molecule has 1 atom stereocenters. The van der Waals surface area contributed by atoms with Gasteiger partial charge < -0.3 is 16.0 Å². The standard InChI is InChI=1S/C11H25N3/c1-3-14-6-4-10(5-7-14)11(8-12)9-13-2/h10-11,13H,3-9,12H2,1-2H3. The van der Waals surface area contributed by atoms with Gasteiger partial charge in [-0.15, -0.1) is 0 Å². The van der Waals surface area contributed by atoms with Crippen molar-refractivity contribution in [2.45, 2.75) is 19.8 Å². The molecule has 84 valence electrons. The highest BCUT2D eigenvalue weighted by molar-refractivity contribution is 4.78. The van der Waals surface area contributed by atoms with E-state index in [1.165, 1.54) is 32.5 Å². The van der Waals surface area contributed by atoms with Gasteiger partial charge in [0.2, 0.25) is 0 Å². The molecular formula is C11H25N3. The Kier molecular flexibility index (Phi) is 5.45. The fraction of sp³-hybridized carbons (Fsp3) is 1.00. The van der Waals surface area contributed by atoms with Crippen molar-refractivity contribution < 1.29 is 0 Å². The average molecular weight is 199 g/mol. The lowest BCUT2D eigenvalue weighted by atomic mass is 9.84. The molecule has 3 nitrogen and oxygen atoms in total. The number of piperidine rings is 1. The molecule has 0 radical (unpaired) electrons. The van der Waals surface area contributed by atoms with Crippen LogP contribution in [0.3, 0.4) is 0 Å². The number of nitrogens with zero attached hydrogens (tertiary/aromatic N) is 1. The van der Waals surface area contributed by atoms with Crippen LogP contribution in [0.15, 0.2) is 0 Å². The van der Waals surface area contributed by atoms with E-state index in [4.69, 9.17) is 5.73 Å². The number of hydrogen-bond acceptors (Lipinski definition) is 3. The average Bonchev–Trinajstić information content (AvgIpc) is 2.26. The minimum absolute atomic E-state index is 0.680. The van der Waals surface area contributed by atoms with E-state index < -0.39 is 0 Å². The van der Waals surface area contributed by atoms with Gasteiger partial charge in [-0.3, -0.25) is 0 Å². The lowest BCUT2D eigenvalue weighted by molar-refractivity contribution is 0.154. The zero-order chi connectivity index (χ0) is 10.4. The molecule has 1 fully saturated rings. The largest absolute Gasteiger partial charge is 0.330 e. The Morgan fingerprint density at radius 2 is 2.07 bits per heavy atom. The number of likely N-dealkylation sites (tertiary alicyclic amines) is 1. The fourth-order valence-electron chi connectivity index (χ4n) is 2.45. The van der Waals surface area contributed by atoms with Gasteiger partial charge in [-0.2, -0.15) is 0 Å². The Morgan fingerprint density at radius 1 is 1.43 bits per heavy atom. The molecule has 0 aromatic heterocycles. The third-order valence-corrected chi connectivity index (χ3v) is 3.52. The summed E-state index contributed by atoms with van der Waals surface area (Å²) in [5.41, 5.74) is 5.80. The lowest BCUT2D eigenvalue weighted by Gasteiger charge is -2.35. The predicted molar refractivity (Wildman–Crippen MR) is 61.3 cm³/mol. The van der Waals surface area contributed by atoms with E-state index in [9.17, 15) is 0 Å². The van der Waals surface area contributed by atoms with E-state index in [0.717, 1.165) is 19.0 Å². The van der Waals surface area contributed by atoms with Gasteiger partial charge in [-0.05, 0) is 64.4 Å². The summed E-state index contributed by atoms with van der Waals surface area (Å²) in [4.78, 5) is 2.53. The van der Waals surface area contributed by atoms with E-state index in [1.807, 2.05) is 7.05 Å². The Bertz CT molecular complexity index is 141. The second-order valence-electron chi connectivity index (χ2n) is 4.33. The van der Waals surface area contributed by atoms with Crippen LogP contribution in [0.1, 0.15) is 19.8 Å². The molecule has 0 spiro atoms. The molecule has 1 rings (SSSR count). The second kappa shape index (κ2) is 6.38. The highest BCUT2D eigenvalue weighted by atomic mass is 15.1. The molecule has 14 heavy (non-hydrogen) atoms. The first-order chi connectivity index (χ1) is 6.81. The fourth-order valence-corrected chi connectivity index (χ4v) is 2.45. The van der Waals surface area contributed by atoms with Gasteiger partial charge >= 0.3 is 0 Å². The summed E-state index contributed by atoms with van der Waals surface area (Å²) in [7, 11) is 2.02. The number of nitrogens with two attached hydrogens (primary N) is 1. The van der Waals surface area contributed by atoms with Gasteiger partial charge in [-0.25, -0.2) is 0 Å². The normalized spacial score (nSPS) is 22.5. The molecule has 3 N–H and O–H groups in total. The highest BCUT2D eigenvalue weighted by Crippen LogP contribution is 2.23. The molecule has 0 bridgehead atoms. The quantitative estimate of drug-likeness (QED) is 0.678. The summed E-state index contributed by atoms with van der Waals surface area (Å²) in [5.74, 6) is 1.52. The van der Waals surface area contributed by atoms with Crippen LogP contribution in [0.4, 0.5) is 0 Å². The maximum absolute atomic E-state index is 5.80. The summed E-state index contributed by atoms with van der Waals surface area (Å²) in [6.45, 7) is 7.88. The maximum Gasteiger partial charge on any atom is -0.000879 e. The number of nitrogens with one attached hydrogen (secondary N) is 1. The van der Waals surface area contributed by atoms with Crippen LogP contribution in [-0.4, -0.2) is 44.7 Å². The molecule has 1 aliphatic rings. The molecule has 1 saturated heterocycles. The van der Waals surface area contributed by atoms with E-state index >= 15 is 0 Å². The van der Waals surface area contributed by atoms with E-state index in [2.05, 4.69) is 17.1 Å². The van der Waals surface area contributed by atoms with Crippen molar-refractivity contribution in [2.75, 3.05) is 39.8 Å². The summed E-state index contributed by atoms with van der Waals surface area (Å²) in [6, 6.07) is 0. The molecule has 1 aliphatic heterocycles. The third kappa shape index (κ3) is 3.23. The van der Waals surface area contributed by atoms with Crippen LogP contribution in [0.5, 0.6) is 0 Å². The van der Waals surface area contributed by atoms with Crippen molar-refractivity contribution in [1.82, 2.24) is 10.2 Å². The Balaban J connectivity index is 2.31. The number of rotatable bonds is 5. The summed E-state index contributed by atoms with van der Waals surface area (Å²) in [5, 5.41) is 3.25. The van der Waals surface area contributed by atoms with Gasteiger partial charge in [0.25, 0.3) is 0 Å². The Morgan fingerprint density at radius 3 is 2.50 bits per heavy atom. The van der Waals surface area contributed by atoms with Crippen molar-refractivity contribution >= 4 is 0 Å². The SMILES string of the molecule is CCN1CCC(C(CN)CNC)CC1. The van der Waals surface area contributed by atoms with Crippen LogP contribution in [0.2, 0.25) is 0 Å². The third-order valence-electron chi connectivity index (χ3n) is 3.52. The number of hydrogen-bond donors (Lipinski definition) is 2. The Hall–Kier alpha value is -0.120. The van der Waals surface area contributed by atoms with Gasteiger partial charge in [0.1, 0.15) is 0 Å². The van der Waals surface area contributed by atoms with Gasteiger partial charge in [0, 0.05) is 0 Å². The maximum atomic E-state index is 5.80. The van der Waals surface area contributed by atoms with Crippen LogP contribution in [-0.2, 0) is 0 Å². The second-order valence-corrected chi connectivity index (χ2v) is 4.33. The Labute approximate surface area is 88.0 Å². The summed E-state index contributed by atoms with van der Waals surface area (Å²) >= 11 is 0. The van der Waals surface area contributed by atoms with E-state index in [0.29, 0.717) is 5.92 Å². The first-order valence-corrected chi connectivity index (χ1v) is 5.88. The topological polar surface area (TPSA) is 41.3 Å². The first kappa shape index (κ1) is 12.0. The molecular weight excluding hydrogens is 174 g/mol. The molecule has 0 amide bonds. The van der Waals surface area contributed by atoms with Crippen LogP contribution >= 0.6 is 0 Å². The molecule has 0 aromatic carbocycles. The van der Waals surface area contributed by atoms with Gasteiger partial charge in [0.05, 0.1) is 0 Å². The molecule has 0 saturated carbocycles. The minimum Gasteiger partial charge on any atom is -0.330 e. The molecule has 0 aliphatic carbocycles. The van der Waals surface area contributed by atoms with Crippen LogP contribution < -0.4 is 11.1 Å². The molecule has 3 heteroatoms. The zero-order valence-corrected chi connectivity index (χ0v) is 9.63. The highest BCUT2D eigenvalue weighted by Gasteiger charge is 2.24. The van der Waals surface area contributed by atoms with Crippen molar-refractivity contribution in [1.29, 1.82) is 0 Å². The summed E-state index contributed by atoms with van der Waals surface area (Å²) < 4.78 is 0. The molecule has 0 aromatic rings. The van der Waals surface area contributed by atoms with Crippen molar-refractivity contribution in [3.8, 4) is 0 Å². The predicted octanol–water partition coefficient (Wildman–Crippen LogP) is 0.513. The molecule has 1 heterocycles. The van der Waals surface area contributed by atoms with Gasteiger partial charge in [-0.1, -0.05) is 6.92 Å². The lowest BCUT2D eigenvalue weighted by Crippen LogP contribution is -2.40. The first-order valence-electron chi connectivity index (χ1n) is 5.88. The van der Waals surface area contributed by atoms with E-state index in [-0.39, 0.29) is 0 Å². The van der Waals surface area contributed by atoms with Gasteiger partial charge in [0.15, 0.2) is 0 Å². The summed E-state index contributed by atoms with van der Waals surface area (Å²) in [6.07, 6.45) is 2.66. The van der Waals surface area contributed by atoms with Crippen molar-refractivity contribution in [2.24, 2.45) is 17.6 Å². The van der Waals surface area contributed by atoms with Crippen LogP contribution in [0, 0.1) is 11.8 Å².